The van der Waals surface area contributed by atoms with Crippen molar-refractivity contribution < 1.29 is 24.2 Å². The third-order valence-corrected chi connectivity index (χ3v) is 4.75. The number of ether oxygens (including phenoxy) is 2. The van der Waals surface area contributed by atoms with Crippen LogP contribution in [0.3, 0.4) is 0 Å². The molecule has 1 aromatic carbocycles. The number of nitrogens with zero attached hydrogens (tertiary/aromatic N) is 1. The zero-order valence-electron chi connectivity index (χ0n) is 15.7. The first-order valence-corrected chi connectivity index (χ1v) is 9.61. The zero-order valence-corrected chi connectivity index (χ0v) is 16.5. The van der Waals surface area contributed by atoms with E-state index in [1.54, 1.807) is 6.92 Å². The van der Waals surface area contributed by atoms with E-state index in [0.717, 1.165) is 23.3 Å². The van der Waals surface area contributed by atoms with Crippen molar-refractivity contribution in [2.24, 2.45) is 0 Å². The number of aromatic carboxylic acids is 1. The van der Waals surface area contributed by atoms with E-state index in [9.17, 15) is 9.59 Å². The number of amides is 1. The van der Waals surface area contributed by atoms with Gasteiger partial charge >= 0.3 is 5.97 Å². The van der Waals surface area contributed by atoms with Gasteiger partial charge in [-0.1, -0.05) is 13.0 Å². The van der Waals surface area contributed by atoms with E-state index in [2.05, 4.69) is 10.3 Å². The molecular weight excluding hydrogens is 368 g/mol. The molecule has 0 atom stereocenters. The predicted molar refractivity (Wildman–Crippen MR) is 103 cm³/mol. The lowest BCUT2D eigenvalue weighted by molar-refractivity contribution is -0.120. The molecule has 1 aromatic heterocycles. The van der Waals surface area contributed by atoms with Gasteiger partial charge in [0, 0.05) is 6.54 Å². The van der Waals surface area contributed by atoms with Crippen molar-refractivity contribution in [1.29, 1.82) is 0 Å². The van der Waals surface area contributed by atoms with Crippen LogP contribution < -0.4 is 14.8 Å². The third-order valence-electron chi connectivity index (χ3n) is 3.61. The Kier molecular flexibility index (Phi) is 7.60. The number of aromatic nitrogens is 1. The summed E-state index contributed by atoms with van der Waals surface area (Å²) in [6, 6.07) is 5.57. The molecule has 0 aliphatic carbocycles. The fourth-order valence-electron chi connectivity index (χ4n) is 2.39. The molecule has 0 saturated carbocycles. The van der Waals surface area contributed by atoms with Gasteiger partial charge in [0.1, 0.15) is 9.88 Å². The highest BCUT2D eigenvalue weighted by Gasteiger charge is 2.16. The second-order valence-corrected chi connectivity index (χ2v) is 6.93. The van der Waals surface area contributed by atoms with Crippen molar-refractivity contribution in [3.8, 4) is 11.5 Å². The highest BCUT2D eigenvalue weighted by atomic mass is 32.1. The Balaban J connectivity index is 1.96. The van der Waals surface area contributed by atoms with Crippen LogP contribution in [0.2, 0.25) is 0 Å². The number of rotatable bonds is 10. The molecule has 1 heterocycles. The van der Waals surface area contributed by atoms with Crippen LogP contribution >= 0.6 is 11.3 Å². The molecule has 0 aliphatic rings. The van der Waals surface area contributed by atoms with Gasteiger partial charge in [0.2, 0.25) is 5.91 Å². The minimum absolute atomic E-state index is 0.0504. The second-order valence-electron chi connectivity index (χ2n) is 5.84. The number of carboxylic acid groups (broad SMARTS) is 1. The molecular formula is C19H24N2O5S. The first-order chi connectivity index (χ1) is 12.9. The Morgan fingerprint density at radius 3 is 2.63 bits per heavy atom. The third kappa shape index (κ3) is 5.96. The summed E-state index contributed by atoms with van der Waals surface area (Å²) in [5.41, 5.74) is 1.32. The van der Waals surface area contributed by atoms with E-state index in [1.807, 2.05) is 32.0 Å². The minimum Gasteiger partial charge on any atom is -0.490 e. The lowest BCUT2D eigenvalue weighted by atomic mass is 10.2. The lowest BCUT2D eigenvalue weighted by Gasteiger charge is -2.13. The first-order valence-electron chi connectivity index (χ1n) is 8.79. The van der Waals surface area contributed by atoms with Crippen molar-refractivity contribution in [2.45, 2.75) is 40.2 Å². The summed E-state index contributed by atoms with van der Waals surface area (Å²) in [5.74, 6) is 0.100. The summed E-state index contributed by atoms with van der Waals surface area (Å²) in [4.78, 5) is 27.5. The van der Waals surface area contributed by atoms with Gasteiger partial charge in [-0.15, -0.1) is 11.3 Å². The van der Waals surface area contributed by atoms with Crippen molar-refractivity contribution >= 4 is 23.2 Å². The van der Waals surface area contributed by atoms with Gasteiger partial charge in [0.05, 0.1) is 25.3 Å². The van der Waals surface area contributed by atoms with Crippen LogP contribution in [0.4, 0.5) is 0 Å². The minimum atomic E-state index is -1.02. The number of hydrogen-bond acceptors (Lipinski definition) is 6. The van der Waals surface area contributed by atoms with Gasteiger partial charge in [-0.05, 0) is 38.0 Å². The molecule has 0 bridgehead atoms. The molecule has 1 amide bonds. The summed E-state index contributed by atoms with van der Waals surface area (Å²) >= 11 is 1.03. The lowest BCUT2D eigenvalue weighted by Crippen LogP contribution is -2.24. The molecule has 0 saturated heterocycles. The molecule has 27 heavy (non-hydrogen) atoms. The van der Waals surface area contributed by atoms with Crippen molar-refractivity contribution in [3.63, 3.8) is 0 Å². The molecule has 146 valence electrons. The van der Waals surface area contributed by atoms with Crippen LogP contribution in [-0.2, 0) is 17.8 Å². The molecule has 2 N–H and O–H groups in total. The molecule has 0 unspecified atom stereocenters. The summed E-state index contributed by atoms with van der Waals surface area (Å²) in [5, 5.41) is 12.4. The van der Waals surface area contributed by atoms with Gasteiger partial charge in [-0.2, -0.15) is 0 Å². The second kappa shape index (κ2) is 9.91. The van der Waals surface area contributed by atoms with Gasteiger partial charge in [-0.25, -0.2) is 9.78 Å². The maximum Gasteiger partial charge on any atom is 0.347 e. The largest absolute Gasteiger partial charge is 0.490 e. The highest BCUT2D eigenvalue weighted by molar-refractivity contribution is 7.13. The van der Waals surface area contributed by atoms with E-state index < -0.39 is 5.97 Å². The van der Waals surface area contributed by atoms with Crippen LogP contribution in [0.15, 0.2) is 18.2 Å². The summed E-state index contributed by atoms with van der Waals surface area (Å²) in [6.07, 6.45) is 0.956. The predicted octanol–water partition coefficient (Wildman–Crippen LogP) is 3.20. The average molecular weight is 392 g/mol. The number of carbonyl (C=O) groups excluding carboxylic acids is 1. The standard InChI is InChI=1S/C19H24N2O5S/c1-4-8-26-14-7-6-13(9-15(14)25-5-2)11-20-16(22)10-17-21-12(3)18(27-17)19(23)24/h6-7,9H,4-5,8,10-11H2,1-3H3,(H,20,22)(H,23,24). The Hall–Kier alpha value is -2.61. The maximum absolute atomic E-state index is 12.1. The monoisotopic (exact) mass is 392 g/mol. The summed E-state index contributed by atoms with van der Waals surface area (Å²) in [6.45, 7) is 7.03. The molecule has 0 fully saturated rings. The molecule has 2 aromatic rings. The summed E-state index contributed by atoms with van der Waals surface area (Å²) < 4.78 is 11.3. The molecule has 7 nitrogen and oxygen atoms in total. The first kappa shape index (κ1) is 20.7. The van der Waals surface area contributed by atoms with E-state index in [0.29, 0.717) is 42.0 Å². The summed E-state index contributed by atoms with van der Waals surface area (Å²) in [7, 11) is 0. The Morgan fingerprint density at radius 1 is 1.22 bits per heavy atom. The highest BCUT2D eigenvalue weighted by Crippen LogP contribution is 2.28. The average Bonchev–Trinajstić information content (AvgIpc) is 3.00. The Bertz CT molecular complexity index is 803. The zero-order chi connectivity index (χ0) is 19.8. The van der Waals surface area contributed by atoms with E-state index in [4.69, 9.17) is 14.6 Å². The molecule has 2 rings (SSSR count). The van der Waals surface area contributed by atoms with E-state index in [-0.39, 0.29) is 17.2 Å². The SMILES string of the molecule is CCCOc1ccc(CNC(=O)Cc2nc(C)c(C(=O)O)s2)cc1OCC. The van der Waals surface area contributed by atoms with Crippen molar-refractivity contribution in [3.05, 3.63) is 39.3 Å². The van der Waals surface area contributed by atoms with E-state index in [1.165, 1.54) is 0 Å². The van der Waals surface area contributed by atoms with Crippen LogP contribution in [-0.4, -0.2) is 35.2 Å². The number of hydrogen-bond donors (Lipinski definition) is 2. The van der Waals surface area contributed by atoms with Crippen LogP contribution in [0.25, 0.3) is 0 Å². The van der Waals surface area contributed by atoms with E-state index >= 15 is 0 Å². The maximum atomic E-state index is 12.1. The van der Waals surface area contributed by atoms with Gasteiger partial charge in [0.25, 0.3) is 0 Å². The fraction of sp³-hybridized carbons (Fsp3) is 0.421. The Morgan fingerprint density at radius 2 is 2.00 bits per heavy atom. The number of nitrogens with one attached hydrogen (secondary N) is 1. The quantitative estimate of drug-likeness (QED) is 0.644. The van der Waals surface area contributed by atoms with Crippen molar-refractivity contribution in [1.82, 2.24) is 10.3 Å². The van der Waals surface area contributed by atoms with Gasteiger partial charge < -0.3 is 19.9 Å². The Labute approximate surface area is 162 Å². The number of thiazole rings is 1. The number of aryl methyl sites for hydroxylation is 1. The van der Waals surface area contributed by atoms with Crippen LogP contribution in [0.1, 0.15) is 46.2 Å². The normalized spacial score (nSPS) is 10.5. The molecule has 8 heteroatoms. The van der Waals surface area contributed by atoms with Crippen LogP contribution in [0.5, 0.6) is 11.5 Å². The smallest absolute Gasteiger partial charge is 0.347 e. The topological polar surface area (TPSA) is 97.8 Å². The number of carbonyl (C=O) groups is 2. The van der Waals surface area contributed by atoms with Gasteiger partial charge in [-0.3, -0.25) is 4.79 Å². The van der Waals surface area contributed by atoms with Crippen LogP contribution in [0, 0.1) is 6.92 Å². The molecule has 0 aliphatic heterocycles. The van der Waals surface area contributed by atoms with Gasteiger partial charge in [0.15, 0.2) is 11.5 Å². The van der Waals surface area contributed by atoms with Crippen molar-refractivity contribution in [2.75, 3.05) is 13.2 Å². The molecule has 0 radical (unpaired) electrons. The molecule has 0 spiro atoms. The fourth-order valence-corrected chi connectivity index (χ4v) is 3.29. The number of benzene rings is 1. The number of carboxylic acids is 1.